The number of allylic oxidation sites excluding steroid dienone is 5. The quantitative estimate of drug-likeness (QED) is 0.630. The molecular formula is C14H23NO2S. The molecule has 1 aliphatic rings. The lowest BCUT2D eigenvalue weighted by Gasteiger charge is -2.18. The second kappa shape index (κ2) is 6.34. The van der Waals surface area contributed by atoms with Gasteiger partial charge in [-0.1, -0.05) is 23.8 Å². The Labute approximate surface area is 110 Å². The van der Waals surface area contributed by atoms with Crippen LogP contribution in [-0.4, -0.2) is 20.7 Å². The largest absolute Gasteiger partial charge is 0.324 e. The third kappa shape index (κ3) is 4.42. The monoisotopic (exact) mass is 269 g/mol. The van der Waals surface area contributed by atoms with Crippen LogP contribution in [0, 0.1) is 5.92 Å². The van der Waals surface area contributed by atoms with Gasteiger partial charge in [0.15, 0.2) is 9.84 Å². The van der Waals surface area contributed by atoms with Crippen molar-refractivity contribution in [2.75, 3.05) is 6.26 Å². The molecule has 0 aromatic heterocycles. The normalized spacial score (nSPS) is 24.1. The van der Waals surface area contributed by atoms with E-state index in [4.69, 9.17) is 5.73 Å². The first-order valence-corrected chi connectivity index (χ1v) is 8.22. The molecule has 0 spiro atoms. The molecule has 0 saturated carbocycles. The minimum absolute atomic E-state index is 0.0193. The van der Waals surface area contributed by atoms with Crippen LogP contribution < -0.4 is 5.73 Å². The van der Waals surface area contributed by atoms with Crippen molar-refractivity contribution in [3.8, 4) is 0 Å². The maximum absolute atomic E-state index is 11.9. The molecule has 0 amide bonds. The molecule has 1 aliphatic carbocycles. The zero-order valence-corrected chi connectivity index (χ0v) is 12.2. The molecule has 0 bridgehead atoms. The summed E-state index contributed by atoms with van der Waals surface area (Å²) in [4.78, 5) is 0.499. The minimum atomic E-state index is -3.16. The Morgan fingerprint density at radius 3 is 2.56 bits per heavy atom. The van der Waals surface area contributed by atoms with Gasteiger partial charge in [0.05, 0.1) is 4.91 Å². The van der Waals surface area contributed by atoms with Gasteiger partial charge in [0, 0.05) is 18.2 Å². The van der Waals surface area contributed by atoms with Crippen molar-refractivity contribution in [3.63, 3.8) is 0 Å². The Hall–Kier alpha value is -0.870. The Balaban J connectivity index is 3.07. The number of sulfone groups is 1. The molecule has 0 aromatic carbocycles. The average molecular weight is 269 g/mol. The predicted octanol–water partition coefficient (Wildman–Crippen LogP) is 2.56. The van der Waals surface area contributed by atoms with Gasteiger partial charge in [-0.2, -0.15) is 0 Å². The Morgan fingerprint density at radius 1 is 1.44 bits per heavy atom. The summed E-state index contributed by atoms with van der Waals surface area (Å²) >= 11 is 0. The fourth-order valence-electron chi connectivity index (χ4n) is 1.94. The smallest absolute Gasteiger partial charge is 0.172 e. The van der Waals surface area contributed by atoms with E-state index in [1.165, 1.54) is 6.26 Å². The van der Waals surface area contributed by atoms with Crippen molar-refractivity contribution >= 4 is 9.84 Å². The molecule has 0 fully saturated rings. The molecule has 3 nitrogen and oxygen atoms in total. The minimum Gasteiger partial charge on any atom is -0.324 e. The average Bonchev–Trinajstić information content (AvgIpc) is 2.28. The lowest BCUT2D eigenvalue weighted by molar-refractivity contribution is 0.583. The number of hydrogen-bond acceptors (Lipinski definition) is 3. The van der Waals surface area contributed by atoms with E-state index in [-0.39, 0.29) is 12.0 Å². The van der Waals surface area contributed by atoms with Gasteiger partial charge in [0.1, 0.15) is 0 Å². The Morgan fingerprint density at radius 2 is 2.11 bits per heavy atom. The summed E-state index contributed by atoms with van der Waals surface area (Å²) in [7, 11) is -3.16. The molecule has 2 atom stereocenters. The summed E-state index contributed by atoms with van der Waals surface area (Å²) < 4.78 is 23.7. The van der Waals surface area contributed by atoms with E-state index in [0.29, 0.717) is 4.91 Å². The maximum Gasteiger partial charge on any atom is 0.172 e. The SMILES string of the molecule is C/C(=C\C=C(/C1C=CCCC1)S(C)(=O)=O)[C@@H](C)N. The highest BCUT2D eigenvalue weighted by atomic mass is 32.2. The zero-order chi connectivity index (χ0) is 13.8. The van der Waals surface area contributed by atoms with Crippen LogP contribution in [0.2, 0.25) is 0 Å². The van der Waals surface area contributed by atoms with Gasteiger partial charge in [0.2, 0.25) is 0 Å². The summed E-state index contributed by atoms with van der Waals surface area (Å²) in [5.74, 6) is 0.0193. The molecular weight excluding hydrogens is 246 g/mol. The molecule has 2 N–H and O–H groups in total. The first kappa shape index (κ1) is 15.2. The lowest BCUT2D eigenvalue weighted by Crippen LogP contribution is -2.16. The van der Waals surface area contributed by atoms with Crippen molar-refractivity contribution in [1.29, 1.82) is 0 Å². The maximum atomic E-state index is 11.9. The van der Waals surface area contributed by atoms with Crippen molar-refractivity contribution in [2.45, 2.75) is 39.2 Å². The summed E-state index contributed by atoms with van der Waals surface area (Å²) in [6.07, 6.45) is 11.9. The molecule has 0 aliphatic heterocycles. The molecule has 0 saturated heterocycles. The second-order valence-electron chi connectivity index (χ2n) is 5.01. The highest BCUT2D eigenvalue weighted by Gasteiger charge is 2.21. The predicted molar refractivity (Wildman–Crippen MR) is 76.8 cm³/mol. The van der Waals surface area contributed by atoms with E-state index in [9.17, 15) is 8.42 Å². The molecule has 1 rings (SSSR count). The van der Waals surface area contributed by atoms with Gasteiger partial charge in [-0.05, 0) is 39.2 Å². The standard InChI is InChI=1S/C14H23NO2S/c1-11(12(2)15)9-10-14(18(3,16)17)13-7-5-4-6-8-13/h5,7,9-10,12-13H,4,6,8,15H2,1-3H3/b11-9+,14-10+/t12-,13?/m1/s1. The molecule has 1 unspecified atom stereocenters. The van der Waals surface area contributed by atoms with Crippen LogP contribution in [0.1, 0.15) is 33.1 Å². The van der Waals surface area contributed by atoms with Crippen LogP contribution >= 0.6 is 0 Å². The van der Waals surface area contributed by atoms with Crippen LogP contribution in [0.4, 0.5) is 0 Å². The summed E-state index contributed by atoms with van der Waals surface area (Å²) in [5.41, 5.74) is 6.73. The molecule has 0 heterocycles. The zero-order valence-electron chi connectivity index (χ0n) is 11.4. The Bertz CT molecular complexity index is 470. The topological polar surface area (TPSA) is 60.2 Å². The van der Waals surface area contributed by atoms with Gasteiger partial charge in [-0.3, -0.25) is 0 Å². The van der Waals surface area contributed by atoms with Crippen LogP contribution in [0.5, 0.6) is 0 Å². The highest BCUT2D eigenvalue weighted by molar-refractivity contribution is 7.94. The van der Waals surface area contributed by atoms with Crippen molar-refractivity contribution in [1.82, 2.24) is 0 Å². The number of nitrogens with two attached hydrogens (primary N) is 1. The molecule has 0 aromatic rings. The van der Waals surface area contributed by atoms with Crippen molar-refractivity contribution in [3.05, 3.63) is 34.8 Å². The van der Waals surface area contributed by atoms with Crippen LogP contribution in [-0.2, 0) is 9.84 Å². The van der Waals surface area contributed by atoms with Crippen LogP contribution in [0.3, 0.4) is 0 Å². The summed E-state index contributed by atoms with van der Waals surface area (Å²) in [6, 6.07) is -0.0519. The van der Waals surface area contributed by atoms with E-state index in [0.717, 1.165) is 24.8 Å². The first-order chi connectivity index (χ1) is 8.32. The fraction of sp³-hybridized carbons (Fsp3) is 0.571. The van der Waals surface area contributed by atoms with Crippen LogP contribution in [0.15, 0.2) is 34.8 Å². The third-order valence-electron chi connectivity index (χ3n) is 3.28. The fourth-order valence-corrected chi connectivity index (χ4v) is 3.00. The molecule has 4 heteroatoms. The molecule has 102 valence electrons. The highest BCUT2D eigenvalue weighted by Crippen LogP contribution is 2.27. The van der Waals surface area contributed by atoms with E-state index < -0.39 is 9.84 Å². The Kier molecular flexibility index (Phi) is 5.35. The van der Waals surface area contributed by atoms with E-state index >= 15 is 0 Å². The van der Waals surface area contributed by atoms with Gasteiger partial charge < -0.3 is 5.73 Å². The van der Waals surface area contributed by atoms with Gasteiger partial charge in [-0.15, -0.1) is 0 Å². The molecule has 0 radical (unpaired) electrons. The molecule has 18 heavy (non-hydrogen) atoms. The lowest BCUT2D eigenvalue weighted by atomic mass is 9.95. The van der Waals surface area contributed by atoms with Gasteiger partial charge >= 0.3 is 0 Å². The first-order valence-electron chi connectivity index (χ1n) is 6.33. The number of rotatable bonds is 4. The van der Waals surface area contributed by atoms with Gasteiger partial charge in [0.25, 0.3) is 0 Å². The van der Waals surface area contributed by atoms with Gasteiger partial charge in [-0.25, -0.2) is 8.42 Å². The second-order valence-corrected chi connectivity index (χ2v) is 7.02. The van der Waals surface area contributed by atoms with E-state index in [2.05, 4.69) is 6.08 Å². The van der Waals surface area contributed by atoms with Crippen molar-refractivity contribution < 1.29 is 8.42 Å². The number of hydrogen-bond donors (Lipinski definition) is 1. The van der Waals surface area contributed by atoms with Crippen LogP contribution in [0.25, 0.3) is 0 Å². The summed E-state index contributed by atoms with van der Waals surface area (Å²) in [5, 5.41) is 0. The third-order valence-corrected chi connectivity index (χ3v) is 4.57. The van der Waals surface area contributed by atoms with Crippen molar-refractivity contribution in [2.24, 2.45) is 11.7 Å². The van der Waals surface area contributed by atoms with E-state index in [1.54, 1.807) is 6.08 Å². The van der Waals surface area contributed by atoms with E-state index in [1.807, 2.05) is 26.0 Å². The summed E-state index contributed by atoms with van der Waals surface area (Å²) in [6.45, 7) is 3.80.